The van der Waals surface area contributed by atoms with Crippen LogP contribution in [0.5, 0.6) is 0 Å². The van der Waals surface area contributed by atoms with Gasteiger partial charge in [-0.15, -0.1) is 0 Å². The van der Waals surface area contributed by atoms with Crippen LogP contribution in [0.15, 0.2) is 39.9 Å². The van der Waals surface area contributed by atoms with Crippen molar-refractivity contribution < 1.29 is 9.59 Å². The molecule has 0 atom stereocenters. The van der Waals surface area contributed by atoms with E-state index in [0.29, 0.717) is 13.1 Å². The molecule has 1 aliphatic heterocycles. The van der Waals surface area contributed by atoms with Crippen molar-refractivity contribution in [1.82, 2.24) is 14.9 Å². The number of hydrogen-bond donors (Lipinski definition) is 1. The lowest BCUT2D eigenvalue weighted by molar-refractivity contribution is -0.146. The molecule has 142 valence electrons. The van der Waals surface area contributed by atoms with Crippen LogP contribution in [0.25, 0.3) is 5.69 Å². The Bertz CT molecular complexity index is 882. The Morgan fingerprint density at radius 2 is 1.89 bits per heavy atom. The summed E-state index contributed by atoms with van der Waals surface area (Å²) in [6.45, 7) is 5.30. The van der Waals surface area contributed by atoms with Crippen LogP contribution in [0, 0.1) is 13.8 Å². The molecule has 6 nitrogen and oxygen atoms in total. The van der Waals surface area contributed by atoms with E-state index in [1.54, 1.807) is 11.1 Å². The smallest absolute Gasteiger partial charge is 0.329 e. The Kier molecular flexibility index (Phi) is 6.11. The van der Waals surface area contributed by atoms with Gasteiger partial charge < -0.3 is 9.47 Å². The Morgan fingerprint density at radius 3 is 2.59 bits per heavy atom. The zero-order valence-corrected chi connectivity index (χ0v) is 17.1. The Balaban J connectivity index is 1.70. The summed E-state index contributed by atoms with van der Waals surface area (Å²) in [5.41, 5.74) is 6.35. The first-order chi connectivity index (χ1) is 13.0. The monoisotopic (exact) mass is 430 g/mol. The van der Waals surface area contributed by atoms with Crippen molar-refractivity contribution in [1.29, 1.82) is 0 Å². The molecule has 1 saturated heterocycles. The van der Waals surface area contributed by atoms with Gasteiger partial charge in [-0.05, 0) is 57.4 Å². The second-order valence-electron chi connectivity index (χ2n) is 6.69. The summed E-state index contributed by atoms with van der Waals surface area (Å²) in [4.78, 5) is 25.7. The highest BCUT2D eigenvalue weighted by molar-refractivity contribution is 9.10. The molecular formula is C20H23BrN4O2. The fraction of sp³-hybridized carbons (Fsp3) is 0.350. The van der Waals surface area contributed by atoms with E-state index in [2.05, 4.69) is 31.0 Å². The standard InChI is InChI=1S/C20H23BrN4O2/c1-14-11-16(15(2)25(14)18-8-6-7-17(21)12-18)13-22-23-19(26)20(27)24-9-4-3-5-10-24/h6-8,11-13H,3-5,9-10H2,1-2H3,(H,23,26)/b22-13-. The summed E-state index contributed by atoms with van der Waals surface area (Å²) in [6, 6.07) is 10.0. The fourth-order valence-electron chi connectivity index (χ4n) is 3.38. The Morgan fingerprint density at radius 1 is 1.15 bits per heavy atom. The number of nitrogens with one attached hydrogen (secondary N) is 1. The molecule has 0 unspecified atom stereocenters. The molecule has 0 saturated carbocycles. The maximum Gasteiger partial charge on any atom is 0.329 e. The minimum atomic E-state index is -0.686. The summed E-state index contributed by atoms with van der Waals surface area (Å²) in [7, 11) is 0. The van der Waals surface area contributed by atoms with E-state index in [1.807, 2.05) is 44.2 Å². The van der Waals surface area contributed by atoms with Crippen LogP contribution in [0.3, 0.4) is 0 Å². The largest absolute Gasteiger partial charge is 0.334 e. The van der Waals surface area contributed by atoms with Crippen molar-refractivity contribution >= 4 is 34.0 Å². The summed E-state index contributed by atoms with van der Waals surface area (Å²) >= 11 is 3.50. The van der Waals surface area contributed by atoms with Gasteiger partial charge in [-0.1, -0.05) is 22.0 Å². The van der Waals surface area contributed by atoms with Crippen LogP contribution in [0.2, 0.25) is 0 Å². The first-order valence-corrected chi connectivity index (χ1v) is 9.84. The SMILES string of the molecule is Cc1cc(/C=N\NC(=O)C(=O)N2CCCCC2)c(C)n1-c1cccc(Br)c1. The third-order valence-corrected chi connectivity index (χ3v) is 5.24. The first-order valence-electron chi connectivity index (χ1n) is 9.04. The number of amides is 2. The second kappa shape index (κ2) is 8.52. The molecule has 7 heteroatoms. The van der Waals surface area contributed by atoms with Crippen molar-refractivity contribution in [3.63, 3.8) is 0 Å². The van der Waals surface area contributed by atoms with Gasteiger partial charge in [0.1, 0.15) is 0 Å². The number of hydrogen-bond acceptors (Lipinski definition) is 3. The second-order valence-corrected chi connectivity index (χ2v) is 7.61. The molecule has 0 aliphatic carbocycles. The van der Waals surface area contributed by atoms with Gasteiger partial charge in [0.2, 0.25) is 0 Å². The van der Waals surface area contributed by atoms with Crippen molar-refractivity contribution in [2.75, 3.05) is 13.1 Å². The highest BCUT2D eigenvalue weighted by Crippen LogP contribution is 2.22. The molecule has 2 heterocycles. The molecule has 1 aromatic heterocycles. The zero-order chi connectivity index (χ0) is 19.4. The predicted octanol–water partition coefficient (Wildman–Crippen LogP) is 3.32. The average molecular weight is 431 g/mol. The van der Waals surface area contributed by atoms with E-state index < -0.39 is 11.8 Å². The third-order valence-electron chi connectivity index (χ3n) is 4.74. The topological polar surface area (TPSA) is 66.7 Å². The molecule has 3 rings (SSSR count). The molecule has 0 spiro atoms. The minimum absolute atomic E-state index is 0.508. The summed E-state index contributed by atoms with van der Waals surface area (Å²) < 4.78 is 3.12. The number of likely N-dealkylation sites (tertiary alicyclic amines) is 1. The van der Waals surface area contributed by atoms with Crippen LogP contribution in [-0.4, -0.2) is 40.6 Å². The van der Waals surface area contributed by atoms with Crippen molar-refractivity contribution in [3.8, 4) is 5.69 Å². The molecule has 2 amide bonds. The van der Waals surface area contributed by atoms with Gasteiger partial charge >= 0.3 is 11.8 Å². The normalized spacial score (nSPS) is 14.6. The Labute approximate surface area is 167 Å². The quantitative estimate of drug-likeness (QED) is 0.460. The van der Waals surface area contributed by atoms with E-state index in [1.165, 1.54) is 0 Å². The lowest BCUT2D eigenvalue weighted by Crippen LogP contribution is -2.43. The van der Waals surface area contributed by atoms with E-state index >= 15 is 0 Å². The van der Waals surface area contributed by atoms with Gasteiger partial charge in [0.25, 0.3) is 0 Å². The zero-order valence-electron chi connectivity index (χ0n) is 15.5. The number of benzene rings is 1. The van der Waals surface area contributed by atoms with Gasteiger partial charge in [-0.3, -0.25) is 9.59 Å². The van der Waals surface area contributed by atoms with Crippen molar-refractivity contribution in [2.45, 2.75) is 33.1 Å². The predicted molar refractivity (Wildman–Crippen MR) is 109 cm³/mol. The molecule has 2 aromatic rings. The highest BCUT2D eigenvalue weighted by atomic mass is 79.9. The number of aromatic nitrogens is 1. The first kappa shape index (κ1) is 19.4. The fourth-order valence-corrected chi connectivity index (χ4v) is 3.77. The lowest BCUT2D eigenvalue weighted by atomic mass is 10.1. The maximum atomic E-state index is 12.1. The third kappa shape index (κ3) is 4.47. The number of aryl methyl sites for hydroxylation is 1. The van der Waals surface area contributed by atoms with Gasteiger partial charge in [-0.25, -0.2) is 5.43 Å². The molecule has 1 aliphatic rings. The average Bonchev–Trinajstić information content (AvgIpc) is 2.95. The maximum absolute atomic E-state index is 12.1. The summed E-state index contributed by atoms with van der Waals surface area (Å²) in [5, 5.41) is 3.99. The van der Waals surface area contributed by atoms with E-state index in [9.17, 15) is 9.59 Å². The van der Waals surface area contributed by atoms with Gasteiger partial charge in [0.15, 0.2) is 0 Å². The number of hydrazone groups is 1. The van der Waals surface area contributed by atoms with E-state index in [-0.39, 0.29) is 0 Å². The molecule has 0 radical (unpaired) electrons. The number of rotatable bonds is 3. The van der Waals surface area contributed by atoms with Crippen LogP contribution in [-0.2, 0) is 9.59 Å². The van der Waals surface area contributed by atoms with Crippen molar-refractivity contribution in [2.24, 2.45) is 5.10 Å². The summed E-state index contributed by atoms with van der Waals surface area (Å²) in [5.74, 6) is -1.19. The molecule has 1 aromatic carbocycles. The van der Waals surface area contributed by atoms with Crippen molar-refractivity contribution in [3.05, 3.63) is 51.8 Å². The Hall–Kier alpha value is -2.41. The van der Waals surface area contributed by atoms with Gasteiger partial charge in [-0.2, -0.15) is 5.10 Å². The van der Waals surface area contributed by atoms with Crippen LogP contribution >= 0.6 is 15.9 Å². The van der Waals surface area contributed by atoms with E-state index in [0.717, 1.165) is 46.4 Å². The number of piperidine rings is 1. The molecule has 1 fully saturated rings. The van der Waals surface area contributed by atoms with Crippen LogP contribution in [0.1, 0.15) is 36.2 Å². The number of halogens is 1. The highest BCUT2D eigenvalue weighted by Gasteiger charge is 2.22. The van der Waals surface area contributed by atoms with Gasteiger partial charge in [0, 0.05) is 40.2 Å². The van der Waals surface area contributed by atoms with Crippen LogP contribution < -0.4 is 5.43 Å². The summed E-state index contributed by atoms with van der Waals surface area (Å²) in [6.07, 6.45) is 4.59. The molecule has 0 bridgehead atoms. The number of nitrogens with zero attached hydrogens (tertiary/aromatic N) is 3. The molecule has 27 heavy (non-hydrogen) atoms. The van der Waals surface area contributed by atoms with Gasteiger partial charge in [0.05, 0.1) is 6.21 Å². The molecule has 1 N–H and O–H groups in total. The molecular weight excluding hydrogens is 408 g/mol. The van der Waals surface area contributed by atoms with Crippen LogP contribution in [0.4, 0.5) is 0 Å². The van der Waals surface area contributed by atoms with E-state index in [4.69, 9.17) is 0 Å². The number of carbonyl (C=O) groups is 2. The number of carbonyl (C=O) groups excluding carboxylic acids is 2. The lowest BCUT2D eigenvalue weighted by Gasteiger charge is -2.25. The minimum Gasteiger partial charge on any atom is -0.334 e.